The van der Waals surface area contributed by atoms with Gasteiger partial charge >= 0.3 is 0 Å². The minimum Gasteiger partial charge on any atom is -0.310 e. The summed E-state index contributed by atoms with van der Waals surface area (Å²) in [6.45, 7) is 4.78. The maximum atomic E-state index is 2.49. The van der Waals surface area contributed by atoms with E-state index in [9.17, 15) is 0 Å². The van der Waals surface area contributed by atoms with Gasteiger partial charge in [0.15, 0.2) is 0 Å². The van der Waals surface area contributed by atoms with Crippen molar-refractivity contribution < 1.29 is 0 Å². The van der Waals surface area contributed by atoms with Crippen LogP contribution in [0.5, 0.6) is 0 Å². The summed E-state index contributed by atoms with van der Waals surface area (Å²) in [5.41, 5.74) is 18.2. The molecule has 0 radical (unpaired) electrons. The van der Waals surface area contributed by atoms with Crippen molar-refractivity contribution in [2.24, 2.45) is 0 Å². The molecule has 0 fully saturated rings. The van der Waals surface area contributed by atoms with Crippen LogP contribution < -0.4 is 4.90 Å². The summed E-state index contributed by atoms with van der Waals surface area (Å²) in [6.07, 6.45) is 0. The smallest absolute Gasteiger partial charge is 0.0540 e. The Balaban J connectivity index is 1.01. The normalized spacial score (nSPS) is 12.7. The quantitative estimate of drug-likeness (QED) is 0.145. The van der Waals surface area contributed by atoms with Crippen molar-refractivity contribution >= 4 is 49.4 Å². The number of anilines is 3. The Kier molecular flexibility index (Phi) is 8.91. The lowest BCUT2D eigenvalue weighted by molar-refractivity contribution is 0.660. The van der Waals surface area contributed by atoms with Gasteiger partial charge in [0.05, 0.1) is 5.69 Å². The lowest BCUT2D eigenvalue weighted by atomic mass is 9.81. The molecule has 0 amide bonds. The highest BCUT2D eigenvalue weighted by atomic mass is 15.1. The summed E-state index contributed by atoms with van der Waals surface area (Å²) in [6, 6.07) is 87.2. The number of rotatable bonds is 7. The van der Waals surface area contributed by atoms with Gasteiger partial charge in [0.1, 0.15) is 0 Å². The molecule has 0 atom stereocenters. The van der Waals surface area contributed by atoms with Crippen molar-refractivity contribution in [2.45, 2.75) is 19.3 Å². The Morgan fingerprint density at radius 1 is 0.266 bits per heavy atom. The SMILES string of the molecule is CC1(C)c2cc(-c3ccc(-c4ccccc4)cc3)ccc2-c2ccc(N(c3ccc4c5ccccc5c5ccccc5c4c3)c3ccccc3-c3ccc(-c4ccccc4)cc3)cc21. The summed E-state index contributed by atoms with van der Waals surface area (Å²) in [5, 5.41) is 7.61. The molecule has 0 aromatic heterocycles. The second-order valence-corrected chi connectivity index (χ2v) is 17.7. The second-order valence-electron chi connectivity index (χ2n) is 17.7. The first-order valence-electron chi connectivity index (χ1n) is 22.3. The number of para-hydroxylation sites is 1. The molecule has 11 aromatic rings. The highest BCUT2D eigenvalue weighted by molar-refractivity contribution is 6.25. The van der Waals surface area contributed by atoms with Crippen LogP contribution in [0.4, 0.5) is 17.1 Å². The van der Waals surface area contributed by atoms with Crippen LogP contribution in [0.15, 0.2) is 237 Å². The van der Waals surface area contributed by atoms with E-state index in [0.717, 1.165) is 17.1 Å². The van der Waals surface area contributed by atoms with Gasteiger partial charge in [-0.1, -0.05) is 214 Å². The van der Waals surface area contributed by atoms with Gasteiger partial charge < -0.3 is 4.90 Å². The fourth-order valence-electron chi connectivity index (χ4n) is 10.4. The molecule has 1 nitrogen and oxygen atoms in total. The standard InChI is InChI=1S/C63H45N/c1-63(2)60-39-48(46-27-25-44(26-28-46)42-15-5-3-6-16-42)33-36-57(60)58-38-35-50(41-61(58)63)64(62-24-14-13-19-51(62)47-31-29-45(30-32-47)43-17-7-4-8-18-43)49-34-37-56-54-22-10-9-20-52(54)53-21-11-12-23-55(53)59(56)40-49/h3-41H,1-2H3. The predicted octanol–water partition coefficient (Wildman–Crippen LogP) is 17.6. The maximum Gasteiger partial charge on any atom is 0.0540 e. The first-order valence-corrected chi connectivity index (χ1v) is 22.3. The van der Waals surface area contributed by atoms with Gasteiger partial charge in [-0.05, 0) is 130 Å². The molecule has 0 N–H and O–H groups in total. The zero-order valence-corrected chi connectivity index (χ0v) is 36.0. The highest BCUT2D eigenvalue weighted by Crippen LogP contribution is 2.52. The van der Waals surface area contributed by atoms with Crippen LogP contribution in [0.1, 0.15) is 25.0 Å². The van der Waals surface area contributed by atoms with Crippen molar-refractivity contribution in [3.8, 4) is 55.6 Å². The van der Waals surface area contributed by atoms with E-state index < -0.39 is 0 Å². The molecule has 1 heteroatoms. The largest absolute Gasteiger partial charge is 0.310 e. The van der Waals surface area contributed by atoms with Crippen molar-refractivity contribution in [1.82, 2.24) is 0 Å². The van der Waals surface area contributed by atoms with Crippen LogP contribution in [0, 0.1) is 0 Å². The zero-order chi connectivity index (χ0) is 42.8. The third-order valence-electron chi connectivity index (χ3n) is 13.7. The molecular weight excluding hydrogens is 771 g/mol. The molecule has 1 aliphatic rings. The van der Waals surface area contributed by atoms with Gasteiger partial charge in [0.25, 0.3) is 0 Å². The Bertz CT molecular complexity index is 3510. The summed E-state index contributed by atoms with van der Waals surface area (Å²) in [5.74, 6) is 0. The fourth-order valence-corrected chi connectivity index (χ4v) is 10.4. The number of fused-ring (bicyclic) bond motifs is 9. The molecule has 1 aliphatic carbocycles. The predicted molar refractivity (Wildman–Crippen MR) is 273 cm³/mol. The van der Waals surface area contributed by atoms with Crippen molar-refractivity contribution in [3.05, 3.63) is 248 Å². The summed E-state index contributed by atoms with van der Waals surface area (Å²) in [7, 11) is 0. The Labute approximate surface area is 375 Å². The lowest BCUT2D eigenvalue weighted by Gasteiger charge is -2.30. The number of benzene rings is 11. The molecule has 0 unspecified atom stereocenters. The van der Waals surface area contributed by atoms with Crippen LogP contribution in [-0.2, 0) is 5.41 Å². The average molecular weight is 816 g/mol. The van der Waals surface area contributed by atoms with Gasteiger partial charge in [-0.25, -0.2) is 0 Å². The number of hydrogen-bond acceptors (Lipinski definition) is 1. The maximum absolute atomic E-state index is 2.49. The van der Waals surface area contributed by atoms with Gasteiger partial charge in [0, 0.05) is 22.4 Å². The van der Waals surface area contributed by atoms with E-state index >= 15 is 0 Å². The number of hydrogen-bond donors (Lipinski definition) is 0. The third-order valence-corrected chi connectivity index (χ3v) is 13.7. The van der Waals surface area contributed by atoms with Crippen LogP contribution in [0.25, 0.3) is 88.0 Å². The van der Waals surface area contributed by atoms with Crippen molar-refractivity contribution in [1.29, 1.82) is 0 Å². The molecule has 0 spiro atoms. The Hall–Kier alpha value is -8.00. The van der Waals surface area contributed by atoms with Gasteiger partial charge in [0.2, 0.25) is 0 Å². The minimum absolute atomic E-state index is 0.225. The van der Waals surface area contributed by atoms with Gasteiger partial charge in [-0.2, -0.15) is 0 Å². The van der Waals surface area contributed by atoms with E-state index in [1.807, 2.05) is 0 Å². The molecule has 302 valence electrons. The molecule has 64 heavy (non-hydrogen) atoms. The van der Waals surface area contributed by atoms with Crippen LogP contribution in [0.3, 0.4) is 0 Å². The van der Waals surface area contributed by atoms with E-state index in [-0.39, 0.29) is 5.41 Å². The zero-order valence-electron chi connectivity index (χ0n) is 36.0. The molecule has 0 saturated carbocycles. The molecule has 12 rings (SSSR count). The van der Waals surface area contributed by atoms with E-state index in [1.54, 1.807) is 0 Å². The molecule has 0 heterocycles. The average Bonchev–Trinajstić information content (AvgIpc) is 3.59. The first-order chi connectivity index (χ1) is 31.5. The second kappa shape index (κ2) is 15.1. The molecule has 0 bridgehead atoms. The summed E-state index contributed by atoms with van der Waals surface area (Å²) < 4.78 is 0. The van der Waals surface area contributed by atoms with Gasteiger partial charge in [-0.3, -0.25) is 0 Å². The highest BCUT2D eigenvalue weighted by Gasteiger charge is 2.36. The van der Waals surface area contributed by atoms with Crippen molar-refractivity contribution in [3.63, 3.8) is 0 Å². The van der Waals surface area contributed by atoms with E-state index in [1.165, 1.54) is 99.1 Å². The molecule has 0 aliphatic heterocycles. The molecule has 0 saturated heterocycles. The van der Waals surface area contributed by atoms with Crippen LogP contribution >= 0.6 is 0 Å². The molecular formula is C63H45N. The third kappa shape index (κ3) is 6.23. The van der Waals surface area contributed by atoms with Crippen LogP contribution in [0.2, 0.25) is 0 Å². The Morgan fingerprint density at radius 2 is 0.656 bits per heavy atom. The first kappa shape index (κ1) is 37.7. The van der Waals surface area contributed by atoms with Crippen LogP contribution in [-0.4, -0.2) is 0 Å². The fraction of sp³-hybridized carbons (Fsp3) is 0.0476. The van der Waals surface area contributed by atoms with E-state index in [0.29, 0.717) is 0 Å². The Morgan fingerprint density at radius 3 is 1.25 bits per heavy atom. The monoisotopic (exact) mass is 815 g/mol. The van der Waals surface area contributed by atoms with E-state index in [2.05, 4.69) is 255 Å². The van der Waals surface area contributed by atoms with E-state index in [4.69, 9.17) is 0 Å². The number of nitrogens with zero attached hydrogens (tertiary/aromatic N) is 1. The summed E-state index contributed by atoms with van der Waals surface area (Å²) in [4.78, 5) is 2.49. The van der Waals surface area contributed by atoms with Crippen molar-refractivity contribution in [2.75, 3.05) is 4.90 Å². The van der Waals surface area contributed by atoms with Gasteiger partial charge in [-0.15, -0.1) is 0 Å². The lowest BCUT2D eigenvalue weighted by Crippen LogP contribution is -2.17. The summed E-state index contributed by atoms with van der Waals surface area (Å²) >= 11 is 0. The minimum atomic E-state index is -0.225. The molecule has 11 aromatic carbocycles. The topological polar surface area (TPSA) is 3.24 Å².